The molecule has 1 aliphatic rings. The van der Waals surface area contributed by atoms with Gasteiger partial charge in [-0.25, -0.2) is 17.7 Å². The van der Waals surface area contributed by atoms with Crippen molar-refractivity contribution in [1.82, 2.24) is 18.8 Å². The molecule has 2 aromatic rings. The van der Waals surface area contributed by atoms with Crippen molar-refractivity contribution in [2.24, 2.45) is 5.92 Å². The van der Waals surface area contributed by atoms with Crippen molar-refractivity contribution in [2.75, 3.05) is 27.7 Å². The quantitative estimate of drug-likeness (QED) is 0.639. The van der Waals surface area contributed by atoms with E-state index < -0.39 is 10.0 Å². The summed E-state index contributed by atoms with van der Waals surface area (Å²) < 4.78 is 28.1. The van der Waals surface area contributed by atoms with Gasteiger partial charge < -0.3 is 9.47 Å². The molecule has 0 bridgehead atoms. The molecule has 3 rings (SSSR count). The zero-order chi connectivity index (χ0) is 21.9. The molecule has 0 saturated heterocycles. The fourth-order valence-corrected chi connectivity index (χ4v) is 5.27. The fraction of sp³-hybridized carbons (Fsp3) is 0.636. The van der Waals surface area contributed by atoms with Crippen molar-refractivity contribution in [2.45, 2.75) is 63.3 Å². The van der Waals surface area contributed by atoms with Crippen LogP contribution in [0.2, 0.25) is 0 Å². The molecule has 1 heterocycles. The molecule has 1 saturated carbocycles. The lowest BCUT2D eigenvalue weighted by atomic mass is 9.89. The molecular formula is C22H34N4O3S. The summed E-state index contributed by atoms with van der Waals surface area (Å²) in [5, 5.41) is 0. The molecule has 0 radical (unpaired) electrons. The Bertz CT molecular complexity index is 991. The second kappa shape index (κ2) is 9.47. The number of carbonyl (C=O) groups is 1. The van der Waals surface area contributed by atoms with Gasteiger partial charge >= 0.3 is 0 Å². The first-order valence-electron chi connectivity index (χ1n) is 10.9. The minimum Gasteiger partial charge on any atom is -0.345 e. The van der Waals surface area contributed by atoms with Crippen LogP contribution in [0.15, 0.2) is 23.1 Å². The fourth-order valence-electron chi connectivity index (χ4n) is 4.34. The predicted octanol–water partition coefficient (Wildman–Crippen LogP) is 3.28. The number of aryl methyl sites for hydroxylation is 2. The third-order valence-corrected chi connectivity index (χ3v) is 7.95. The van der Waals surface area contributed by atoms with E-state index in [4.69, 9.17) is 0 Å². The topological polar surface area (TPSA) is 75.5 Å². The number of hydrogen-bond donors (Lipinski definition) is 0. The van der Waals surface area contributed by atoms with Crippen LogP contribution in [0, 0.1) is 5.92 Å². The summed E-state index contributed by atoms with van der Waals surface area (Å²) >= 11 is 0. The SMILES string of the molecule is CCn1c(CCC(=O)N(C)CC2CCCCC2)nc2cc(S(=O)(=O)N(C)C)ccc21. The highest BCUT2D eigenvalue weighted by molar-refractivity contribution is 7.89. The van der Waals surface area contributed by atoms with E-state index in [1.54, 1.807) is 12.1 Å². The molecule has 0 unspecified atom stereocenters. The van der Waals surface area contributed by atoms with Gasteiger partial charge in [-0.1, -0.05) is 19.3 Å². The van der Waals surface area contributed by atoms with Crippen molar-refractivity contribution in [1.29, 1.82) is 0 Å². The third-order valence-electron chi connectivity index (χ3n) is 6.14. The molecule has 0 N–H and O–H groups in total. The standard InChI is InChI=1S/C22H34N4O3S/c1-5-26-20-12-11-18(30(28,29)24(2)3)15-19(20)23-21(26)13-14-22(27)25(4)16-17-9-7-6-8-10-17/h11-12,15,17H,5-10,13-14,16H2,1-4H3. The van der Waals surface area contributed by atoms with Gasteiger partial charge in [0, 0.05) is 47.1 Å². The number of nitrogens with zero attached hydrogens (tertiary/aromatic N) is 4. The summed E-state index contributed by atoms with van der Waals surface area (Å²) in [6.45, 7) is 3.60. The third kappa shape index (κ3) is 4.86. The largest absolute Gasteiger partial charge is 0.345 e. The molecule has 0 aliphatic heterocycles. The van der Waals surface area contributed by atoms with E-state index in [0.717, 1.165) is 24.4 Å². The number of aromatic nitrogens is 2. The predicted molar refractivity (Wildman–Crippen MR) is 119 cm³/mol. The Morgan fingerprint density at radius 1 is 1.17 bits per heavy atom. The second-order valence-corrected chi connectivity index (χ2v) is 10.6. The minimum absolute atomic E-state index is 0.145. The summed E-state index contributed by atoms with van der Waals surface area (Å²) in [6, 6.07) is 5.05. The maximum absolute atomic E-state index is 12.7. The first kappa shape index (κ1) is 22.7. The Kier molecular flexibility index (Phi) is 7.18. The molecular weight excluding hydrogens is 400 g/mol. The maximum Gasteiger partial charge on any atom is 0.242 e. The van der Waals surface area contributed by atoms with Gasteiger partial charge in [0.15, 0.2) is 0 Å². The second-order valence-electron chi connectivity index (χ2n) is 8.49. The Labute approximate surface area is 180 Å². The number of fused-ring (bicyclic) bond motifs is 1. The van der Waals surface area contributed by atoms with Gasteiger partial charge in [-0.2, -0.15) is 0 Å². The van der Waals surface area contributed by atoms with Crippen molar-refractivity contribution in [3.05, 3.63) is 24.0 Å². The molecule has 1 aromatic heterocycles. The van der Waals surface area contributed by atoms with Crippen LogP contribution in [0.25, 0.3) is 11.0 Å². The molecule has 1 fully saturated rings. The van der Waals surface area contributed by atoms with E-state index in [1.807, 2.05) is 24.9 Å². The normalized spacial score (nSPS) is 15.8. The van der Waals surface area contributed by atoms with Crippen molar-refractivity contribution < 1.29 is 13.2 Å². The van der Waals surface area contributed by atoms with E-state index in [9.17, 15) is 13.2 Å². The number of benzene rings is 1. The Morgan fingerprint density at radius 2 is 1.87 bits per heavy atom. The molecule has 30 heavy (non-hydrogen) atoms. The first-order chi connectivity index (χ1) is 14.2. The van der Waals surface area contributed by atoms with Crippen LogP contribution in [-0.4, -0.2) is 60.8 Å². The van der Waals surface area contributed by atoms with Crippen LogP contribution in [-0.2, 0) is 27.8 Å². The van der Waals surface area contributed by atoms with E-state index in [0.29, 0.717) is 24.3 Å². The first-order valence-corrected chi connectivity index (χ1v) is 12.3. The van der Waals surface area contributed by atoms with Gasteiger partial charge in [0.2, 0.25) is 15.9 Å². The Morgan fingerprint density at radius 3 is 2.50 bits per heavy atom. The molecule has 8 heteroatoms. The molecule has 0 atom stereocenters. The number of amides is 1. The van der Waals surface area contributed by atoms with E-state index in [-0.39, 0.29) is 10.8 Å². The highest BCUT2D eigenvalue weighted by atomic mass is 32.2. The summed E-state index contributed by atoms with van der Waals surface area (Å²) in [5.41, 5.74) is 1.55. The number of imidazole rings is 1. The molecule has 7 nitrogen and oxygen atoms in total. The van der Waals surface area contributed by atoms with Gasteiger partial charge in [0.1, 0.15) is 5.82 Å². The van der Waals surface area contributed by atoms with Crippen LogP contribution < -0.4 is 0 Å². The number of rotatable bonds is 8. The minimum atomic E-state index is -3.51. The highest BCUT2D eigenvalue weighted by Gasteiger charge is 2.21. The summed E-state index contributed by atoms with van der Waals surface area (Å²) in [7, 11) is 1.43. The average Bonchev–Trinajstić information content (AvgIpc) is 3.09. The lowest BCUT2D eigenvalue weighted by molar-refractivity contribution is -0.130. The van der Waals surface area contributed by atoms with Crippen molar-refractivity contribution in [3.8, 4) is 0 Å². The maximum atomic E-state index is 12.7. The van der Waals surface area contributed by atoms with Crippen LogP contribution in [0.3, 0.4) is 0 Å². The van der Waals surface area contributed by atoms with Gasteiger partial charge in [-0.15, -0.1) is 0 Å². The highest BCUT2D eigenvalue weighted by Crippen LogP contribution is 2.25. The molecule has 1 aromatic carbocycles. The number of sulfonamides is 1. The van der Waals surface area contributed by atoms with Crippen molar-refractivity contribution >= 4 is 27.0 Å². The smallest absolute Gasteiger partial charge is 0.242 e. The summed E-state index contributed by atoms with van der Waals surface area (Å²) in [5.74, 6) is 1.60. The number of carbonyl (C=O) groups excluding carboxylic acids is 1. The van der Waals surface area contributed by atoms with Gasteiger partial charge in [0.25, 0.3) is 0 Å². The Balaban J connectivity index is 1.72. The van der Waals surface area contributed by atoms with Crippen LogP contribution in [0.5, 0.6) is 0 Å². The monoisotopic (exact) mass is 434 g/mol. The average molecular weight is 435 g/mol. The van der Waals surface area contributed by atoms with E-state index >= 15 is 0 Å². The molecule has 1 aliphatic carbocycles. The Hall–Kier alpha value is -1.93. The number of hydrogen-bond acceptors (Lipinski definition) is 4. The van der Waals surface area contributed by atoms with Crippen LogP contribution in [0.4, 0.5) is 0 Å². The van der Waals surface area contributed by atoms with Gasteiger partial charge in [0.05, 0.1) is 15.9 Å². The zero-order valence-electron chi connectivity index (χ0n) is 18.6. The molecule has 166 valence electrons. The summed E-state index contributed by atoms with van der Waals surface area (Å²) in [6.07, 6.45) is 7.28. The summed E-state index contributed by atoms with van der Waals surface area (Å²) in [4.78, 5) is 19.4. The van der Waals surface area contributed by atoms with Gasteiger partial charge in [-0.05, 0) is 43.9 Å². The van der Waals surface area contributed by atoms with Crippen molar-refractivity contribution in [3.63, 3.8) is 0 Å². The lowest BCUT2D eigenvalue weighted by Crippen LogP contribution is -2.32. The molecule has 0 spiro atoms. The molecule has 1 amide bonds. The van der Waals surface area contributed by atoms with Gasteiger partial charge in [-0.3, -0.25) is 4.79 Å². The van der Waals surface area contributed by atoms with E-state index in [2.05, 4.69) is 9.55 Å². The van der Waals surface area contributed by atoms with E-state index in [1.165, 1.54) is 50.5 Å². The lowest BCUT2D eigenvalue weighted by Gasteiger charge is -2.27. The van der Waals surface area contributed by atoms with Crippen LogP contribution in [0.1, 0.15) is 51.3 Å². The zero-order valence-corrected chi connectivity index (χ0v) is 19.4. The van der Waals surface area contributed by atoms with Crippen LogP contribution >= 0.6 is 0 Å².